The molecule has 0 spiro atoms. The van der Waals surface area contributed by atoms with Crippen LogP contribution in [0.1, 0.15) is 28.1 Å². The van der Waals surface area contributed by atoms with Gasteiger partial charge in [0.1, 0.15) is 5.69 Å². The van der Waals surface area contributed by atoms with Crippen LogP contribution in [0.25, 0.3) is 0 Å². The average molecular weight is 390 g/mol. The molecule has 0 radical (unpaired) electrons. The van der Waals surface area contributed by atoms with Crippen molar-refractivity contribution in [3.63, 3.8) is 0 Å². The lowest BCUT2D eigenvalue weighted by atomic mass is 10.2. The zero-order valence-electron chi connectivity index (χ0n) is 16.3. The van der Waals surface area contributed by atoms with Crippen LogP contribution in [0.5, 0.6) is 0 Å². The summed E-state index contributed by atoms with van der Waals surface area (Å²) in [6.07, 6.45) is 1.54. The average Bonchev–Trinajstić information content (AvgIpc) is 3.24. The van der Waals surface area contributed by atoms with E-state index in [-0.39, 0.29) is 30.5 Å². The van der Waals surface area contributed by atoms with Gasteiger partial charge in [-0.15, -0.1) is 5.11 Å². The van der Waals surface area contributed by atoms with Crippen LogP contribution in [0.4, 0.5) is 17.1 Å². The molecule has 7 heteroatoms. The minimum atomic E-state index is -0.356. The molecule has 0 aliphatic heterocycles. The Hall–Kier alpha value is -3.74. The highest BCUT2D eigenvalue weighted by Gasteiger charge is 2.10. The van der Waals surface area contributed by atoms with Gasteiger partial charge in [0.15, 0.2) is 5.76 Å². The molecule has 2 N–H and O–H groups in total. The second-order valence-electron chi connectivity index (χ2n) is 6.59. The fourth-order valence-electron chi connectivity index (χ4n) is 2.55. The fourth-order valence-corrected chi connectivity index (χ4v) is 2.55. The molecule has 0 saturated carbocycles. The zero-order valence-corrected chi connectivity index (χ0v) is 16.3. The van der Waals surface area contributed by atoms with Gasteiger partial charge >= 0.3 is 0 Å². The lowest BCUT2D eigenvalue weighted by molar-refractivity contribution is -0.116. The van der Waals surface area contributed by atoms with E-state index >= 15 is 0 Å². The highest BCUT2D eigenvalue weighted by Crippen LogP contribution is 2.28. The molecule has 0 bridgehead atoms. The topological polar surface area (TPSA) is 96.1 Å². The van der Waals surface area contributed by atoms with Gasteiger partial charge in [-0.2, -0.15) is 5.11 Å². The molecule has 3 aromatic rings. The molecule has 0 unspecified atom stereocenters. The van der Waals surface area contributed by atoms with Crippen molar-refractivity contribution in [2.75, 3.05) is 11.9 Å². The van der Waals surface area contributed by atoms with Crippen molar-refractivity contribution in [1.82, 2.24) is 5.32 Å². The Morgan fingerprint density at radius 1 is 0.966 bits per heavy atom. The molecule has 2 aromatic carbocycles. The maximum atomic E-state index is 12.3. The summed E-state index contributed by atoms with van der Waals surface area (Å²) in [5.74, 6) is -0.381. The minimum absolute atomic E-state index is 0.120. The summed E-state index contributed by atoms with van der Waals surface area (Å²) in [5, 5.41) is 14.0. The number of benzene rings is 2. The van der Waals surface area contributed by atoms with Gasteiger partial charge in [-0.1, -0.05) is 23.8 Å². The Labute approximate surface area is 168 Å². The number of hydrogen-bond acceptors (Lipinski definition) is 5. The van der Waals surface area contributed by atoms with Gasteiger partial charge in [-0.3, -0.25) is 9.59 Å². The molecule has 1 heterocycles. The van der Waals surface area contributed by atoms with Crippen LogP contribution < -0.4 is 10.6 Å². The summed E-state index contributed by atoms with van der Waals surface area (Å²) in [7, 11) is 0. The van der Waals surface area contributed by atoms with Crippen molar-refractivity contribution in [1.29, 1.82) is 0 Å². The molecule has 0 fully saturated rings. The molecule has 3 rings (SSSR count). The zero-order chi connectivity index (χ0) is 20.6. The van der Waals surface area contributed by atoms with Gasteiger partial charge in [0.05, 0.1) is 17.6 Å². The number of nitrogens with zero attached hydrogens (tertiary/aromatic N) is 2. The Kier molecular flexibility index (Phi) is 6.52. The number of aryl methyl sites for hydroxylation is 2. The molecular weight excluding hydrogens is 368 g/mol. The maximum absolute atomic E-state index is 12.3. The van der Waals surface area contributed by atoms with Gasteiger partial charge in [0, 0.05) is 13.0 Å². The van der Waals surface area contributed by atoms with E-state index < -0.39 is 0 Å². The van der Waals surface area contributed by atoms with Crippen LogP contribution >= 0.6 is 0 Å². The first-order valence-corrected chi connectivity index (χ1v) is 9.22. The van der Waals surface area contributed by atoms with Crippen molar-refractivity contribution in [3.05, 3.63) is 77.7 Å². The number of azo groups is 1. The summed E-state index contributed by atoms with van der Waals surface area (Å²) in [6.45, 7) is 4.14. The van der Waals surface area contributed by atoms with E-state index in [1.165, 1.54) is 6.26 Å². The first-order valence-electron chi connectivity index (χ1n) is 9.22. The Bertz CT molecular complexity index is 1010. The molecule has 1 aromatic heterocycles. The van der Waals surface area contributed by atoms with Crippen molar-refractivity contribution in [2.24, 2.45) is 10.2 Å². The van der Waals surface area contributed by atoms with E-state index in [0.29, 0.717) is 11.4 Å². The molecule has 148 valence electrons. The van der Waals surface area contributed by atoms with E-state index in [4.69, 9.17) is 4.42 Å². The minimum Gasteiger partial charge on any atom is -0.459 e. The van der Waals surface area contributed by atoms with E-state index in [2.05, 4.69) is 20.9 Å². The van der Waals surface area contributed by atoms with E-state index in [0.717, 1.165) is 16.8 Å². The summed E-state index contributed by atoms with van der Waals surface area (Å²) in [4.78, 5) is 24.1. The third-order valence-electron chi connectivity index (χ3n) is 4.12. The molecule has 2 amide bonds. The highest BCUT2D eigenvalue weighted by molar-refractivity contribution is 5.95. The van der Waals surface area contributed by atoms with Crippen LogP contribution in [0, 0.1) is 13.8 Å². The summed E-state index contributed by atoms with van der Waals surface area (Å²) in [5.41, 5.74) is 4.01. The molecule has 7 nitrogen and oxygen atoms in total. The molecule has 0 aliphatic rings. The number of furan rings is 1. The largest absolute Gasteiger partial charge is 0.459 e. The van der Waals surface area contributed by atoms with Crippen molar-refractivity contribution >= 4 is 28.9 Å². The van der Waals surface area contributed by atoms with Gasteiger partial charge in [-0.05, 0) is 55.8 Å². The number of anilines is 1. The van der Waals surface area contributed by atoms with Gasteiger partial charge in [0.2, 0.25) is 5.91 Å². The predicted molar refractivity (Wildman–Crippen MR) is 111 cm³/mol. The summed E-state index contributed by atoms with van der Waals surface area (Å²) in [6, 6.07) is 16.4. The van der Waals surface area contributed by atoms with E-state index in [9.17, 15) is 9.59 Å². The molecule has 29 heavy (non-hydrogen) atoms. The lowest BCUT2D eigenvalue weighted by Crippen LogP contribution is -2.27. The predicted octanol–water partition coefficient (Wildman–Crippen LogP) is 5.07. The van der Waals surface area contributed by atoms with Crippen LogP contribution in [0.3, 0.4) is 0 Å². The number of nitrogens with one attached hydrogen (secondary N) is 2. The Morgan fingerprint density at radius 3 is 2.45 bits per heavy atom. The maximum Gasteiger partial charge on any atom is 0.286 e. The number of hydrogen-bond donors (Lipinski definition) is 2. The van der Waals surface area contributed by atoms with Crippen molar-refractivity contribution in [3.8, 4) is 0 Å². The third-order valence-corrected chi connectivity index (χ3v) is 4.12. The normalized spacial score (nSPS) is 10.8. The highest BCUT2D eigenvalue weighted by atomic mass is 16.3. The fraction of sp³-hybridized carbons (Fsp3) is 0.182. The van der Waals surface area contributed by atoms with Crippen LogP contribution in [-0.4, -0.2) is 18.4 Å². The van der Waals surface area contributed by atoms with Crippen LogP contribution in [0.2, 0.25) is 0 Å². The summed E-state index contributed by atoms with van der Waals surface area (Å²) >= 11 is 0. The van der Waals surface area contributed by atoms with Gasteiger partial charge < -0.3 is 15.1 Å². The second kappa shape index (κ2) is 9.45. The van der Waals surface area contributed by atoms with E-state index in [1.54, 1.807) is 18.2 Å². The van der Waals surface area contributed by atoms with Gasteiger partial charge in [-0.25, -0.2) is 0 Å². The number of carbonyl (C=O) groups excluding carboxylic acids is 2. The number of amides is 2. The third kappa shape index (κ3) is 5.87. The first kappa shape index (κ1) is 20.0. The van der Waals surface area contributed by atoms with Crippen molar-refractivity contribution in [2.45, 2.75) is 20.3 Å². The lowest BCUT2D eigenvalue weighted by Gasteiger charge is -2.09. The SMILES string of the molecule is Cc1ccc(N=Nc2cc(C)ccc2NC(=O)CCNC(=O)c2ccco2)cc1. The Morgan fingerprint density at radius 2 is 1.72 bits per heavy atom. The van der Waals surface area contributed by atoms with E-state index in [1.807, 2.05) is 50.2 Å². The molecular formula is C22H22N4O3. The second-order valence-corrected chi connectivity index (χ2v) is 6.59. The summed E-state index contributed by atoms with van der Waals surface area (Å²) < 4.78 is 5.01. The smallest absolute Gasteiger partial charge is 0.286 e. The van der Waals surface area contributed by atoms with Crippen LogP contribution in [-0.2, 0) is 4.79 Å². The Balaban J connectivity index is 1.60. The first-order chi connectivity index (χ1) is 14.0. The van der Waals surface area contributed by atoms with Crippen molar-refractivity contribution < 1.29 is 14.0 Å². The molecule has 0 atom stereocenters. The molecule has 0 saturated heterocycles. The quantitative estimate of drug-likeness (QED) is 0.551. The van der Waals surface area contributed by atoms with Crippen LogP contribution in [0.15, 0.2) is 75.5 Å². The number of carbonyl (C=O) groups is 2. The van der Waals surface area contributed by atoms with Gasteiger partial charge in [0.25, 0.3) is 5.91 Å². The monoisotopic (exact) mass is 390 g/mol. The number of rotatable bonds is 7. The molecule has 0 aliphatic carbocycles. The standard InChI is InChI=1S/C22H22N4O3/c1-15-5-8-17(9-6-15)25-26-19-14-16(2)7-10-18(19)24-21(27)11-12-23-22(28)20-4-3-13-29-20/h3-10,13-14H,11-12H2,1-2H3,(H,23,28)(H,24,27).